The number of amides is 1. The molecule has 0 aromatic heterocycles. The molecular weight excluding hydrogens is 228 g/mol. The third kappa shape index (κ3) is 3.82. The average Bonchev–Trinajstić information content (AvgIpc) is 2.38. The van der Waals surface area contributed by atoms with Crippen molar-refractivity contribution in [3.8, 4) is 0 Å². The first-order valence-corrected chi connectivity index (χ1v) is 5.77. The highest BCUT2D eigenvalue weighted by atomic mass is 16.2. The van der Waals surface area contributed by atoms with Crippen LogP contribution in [-0.4, -0.2) is 35.7 Å². The lowest BCUT2D eigenvalue weighted by molar-refractivity contribution is -0.118. The van der Waals surface area contributed by atoms with Crippen LogP contribution in [0.25, 0.3) is 0 Å². The van der Waals surface area contributed by atoms with Crippen molar-refractivity contribution in [3.63, 3.8) is 0 Å². The normalized spacial score (nSPS) is 11.7. The Balaban J connectivity index is 2.82. The van der Waals surface area contributed by atoms with E-state index in [0.29, 0.717) is 12.1 Å². The molecule has 0 aliphatic rings. The molecular formula is C14H18N2O2. The second-order valence-corrected chi connectivity index (χ2v) is 4.08. The fourth-order valence-electron chi connectivity index (χ4n) is 1.53. The van der Waals surface area contributed by atoms with Gasteiger partial charge < -0.3 is 10.6 Å². The van der Waals surface area contributed by atoms with Gasteiger partial charge in [0.25, 0.3) is 5.91 Å². The van der Waals surface area contributed by atoms with Crippen LogP contribution >= 0.6 is 0 Å². The van der Waals surface area contributed by atoms with Crippen LogP contribution in [0.4, 0.5) is 0 Å². The van der Waals surface area contributed by atoms with Crippen molar-refractivity contribution in [2.75, 3.05) is 13.1 Å². The molecule has 1 aromatic rings. The van der Waals surface area contributed by atoms with Gasteiger partial charge in [0.2, 0.25) is 0 Å². The monoisotopic (exact) mass is 246 g/mol. The van der Waals surface area contributed by atoms with E-state index in [-0.39, 0.29) is 18.2 Å². The van der Waals surface area contributed by atoms with Crippen LogP contribution in [0.5, 0.6) is 0 Å². The van der Waals surface area contributed by atoms with Gasteiger partial charge in [0, 0.05) is 18.7 Å². The molecule has 4 nitrogen and oxygen atoms in total. The van der Waals surface area contributed by atoms with Gasteiger partial charge in [0.15, 0.2) is 0 Å². The predicted octanol–water partition coefficient (Wildman–Crippen LogP) is 1.23. The number of rotatable bonds is 6. The molecule has 0 bridgehead atoms. The third-order valence-corrected chi connectivity index (χ3v) is 2.60. The lowest BCUT2D eigenvalue weighted by Gasteiger charge is -2.23. The Morgan fingerprint density at radius 1 is 1.39 bits per heavy atom. The van der Waals surface area contributed by atoms with Crippen molar-refractivity contribution >= 4 is 11.7 Å². The van der Waals surface area contributed by atoms with Gasteiger partial charge >= 0.3 is 0 Å². The molecule has 4 heteroatoms. The molecule has 1 aromatic carbocycles. The smallest absolute Gasteiger partial charge is 0.254 e. The Morgan fingerprint density at radius 2 is 2.00 bits per heavy atom. The molecule has 18 heavy (non-hydrogen) atoms. The number of ketones is 1. The highest BCUT2D eigenvalue weighted by Gasteiger charge is 2.19. The number of benzene rings is 1. The van der Waals surface area contributed by atoms with E-state index in [1.54, 1.807) is 30.3 Å². The molecule has 1 amide bonds. The number of carbonyl (C=O) groups excluding carboxylic acids is 2. The van der Waals surface area contributed by atoms with Gasteiger partial charge in [-0.15, -0.1) is 6.58 Å². The molecule has 0 fully saturated rings. The van der Waals surface area contributed by atoms with E-state index >= 15 is 0 Å². The topological polar surface area (TPSA) is 63.4 Å². The zero-order valence-corrected chi connectivity index (χ0v) is 10.5. The lowest BCUT2D eigenvalue weighted by Crippen LogP contribution is -2.44. The summed E-state index contributed by atoms with van der Waals surface area (Å²) >= 11 is 0. The van der Waals surface area contributed by atoms with E-state index in [9.17, 15) is 9.59 Å². The van der Waals surface area contributed by atoms with Gasteiger partial charge in [-0.2, -0.15) is 0 Å². The zero-order valence-electron chi connectivity index (χ0n) is 10.5. The Labute approximate surface area is 107 Å². The van der Waals surface area contributed by atoms with Crippen molar-refractivity contribution < 1.29 is 9.59 Å². The minimum Gasteiger partial charge on any atom is -0.333 e. The summed E-state index contributed by atoms with van der Waals surface area (Å²) in [5.74, 6) is -0.280. The number of Topliss-reactive ketones (excluding diaryl/α,β-unsaturated/α-hetero) is 1. The van der Waals surface area contributed by atoms with E-state index < -0.39 is 6.04 Å². The molecule has 0 saturated carbocycles. The first kappa shape index (κ1) is 14.1. The van der Waals surface area contributed by atoms with Crippen LogP contribution < -0.4 is 5.73 Å². The lowest BCUT2D eigenvalue weighted by atomic mass is 10.1. The van der Waals surface area contributed by atoms with Gasteiger partial charge in [-0.25, -0.2) is 0 Å². The van der Waals surface area contributed by atoms with Gasteiger partial charge in [-0.05, 0) is 19.1 Å². The summed E-state index contributed by atoms with van der Waals surface area (Å²) in [6, 6.07) is 8.25. The minimum absolute atomic E-state index is 0.134. The van der Waals surface area contributed by atoms with E-state index in [0.717, 1.165) is 0 Å². The summed E-state index contributed by atoms with van der Waals surface area (Å²) in [6.45, 7) is 5.60. The van der Waals surface area contributed by atoms with Crippen LogP contribution in [0.1, 0.15) is 17.3 Å². The number of nitrogens with zero attached hydrogens (tertiary/aromatic N) is 1. The van der Waals surface area contributed by atoms with Gasteiger partial charge in [-0.1, -0.05) is 24.3 Å². The van der Waals surface area contributed by atoms with Crippen LogP contribution in [0.15, 0.2) is 43.0 Å². The highest BCUT2D eigenvalue weighted by molar-refractivity contribution is 5.94. The van der Waals surface area contributed by atoms with E-state index in [1.165, 1.54) is 11.8 Å². The fourth-order valence-corrected chi connectivity index (χ4v) is 1.53. The van der Waals surface area contributed by atoms with Crippen molar-refractivity contribution in [1.29, 1.82) is 0 Å². The Hall–Kier alpha value is -1.94. The molecule has 96 valence electrons. The minimum atomic E-state index is -0.655. The molecule has 0 heterocycles. The molecule has 1 rings (SSSR count). The fraction of sp³-hybridized carbons (Fsp3) is 0.286. The van der Waals surface area contributed by atoms with Crippen LogP contribution in [0.2, 0.25) is 0 Å². The maximum absolute atomic E-state index is 12.2. The molecule has 0 radical (unpaired) electrons. The van der Waals surface area contributed by atoms with Gasteiger partial charge in [-0.3, -0.25) is 9.59 Å². The van der Waals surface area contributed by atoms with Crippen molar-refractivity contribution in [1.82, 2.24) is 4.90 Å². The average molecular weight is 246 g/mol. The molecule has 0 spiro atoms. The van der Waals surface area contributed by atoms with Crippen molar-refractivity contribution in [3.05, 3.63) is 48.6 Å². The first-order valence-electron chi connectivity index (χ1n) is 5.77. The maximum Gasteiger partial charge on any atom is 0.254 e. The molecule has 0 aliphatic carbocycles. The largest absolute Gasteiger partial charge is 0.333 e. The van der Waals surface area contributed by atoms with Gasteiger partial charge in [0.05, 0.1) is 6.04 Å². The number of carbonyl (C=O) groups is 2. The standard InChI is InChI=1S/C14H18N2O2/c1-3-9-16(10-13(15)11(2)17)14(18)12-7-5-4-6-8-12/h3-8,13H,1,9-10,15H2,2H3. The van der Waals surface area contributed by atoms with Gasteiger partial charge in [0.1, 0.15) is 5.78 Å². The molecule has 0 aliphatic heterocycles. The van der Waals surface area contributed by atoms with E-state index in [2.05, 4.69) is 6.58 Å². The summed E-state index contributed by atoms with van der Waals surface area (Å²) in [5, 5.41) is 0. The van der Waals surface area contributed by atoms with E-state index in [1.807, 2.05) is 6.07 Å². The summed E-state index contributed by atoms with van der Waals surface area (Å²) in [7, 11) is 0. The summed E-state index contributed by atoms with van der Waals surface area (Å²) in [4.78, 5) is 24.9. The predicted molar refractivity (Wildman–Crippen MR) is 71.2 cm³/mol. The second kappa shape index (κ2) is 6.71. The van der Waals surface area contributed by atoms with Crippen LogP contribution in [0, 0.1) is 0 Å². The summed E-state index contributed by atoms with van der Waals surface area (Å²) in [6.07, 6.45) is 1.62. The van der Waals surface area contributed by atoms with E-state index in [4.69, 9.17) is 5.73 Å². The second-order valence-electron chi connectivity index (χ2n) is 4.08. The number of nitrogens with two attached hydrogens (primary N) is 1. The zero-order chi connectivity index (χ0) is 13.5. The molecule has 1 atom stereocenters. The van der Waals surface area contributed by atoms with Crippen molar-refractivity contribution in [2.45, 2.75) is 13.0 Å². The SMILES string of the molecule is C=CCN(CC(N)C(C)=O)C(=O)c1ccccc1. The third-order valence-electron chi connectivity index (χ3n) is 2.60. The molecule has 0 saturated heterocycles. The number of hydrogen-bond donors (Lipinski definition) is 1. The van der Waals surface area contributed by atoms with Crippen molar-refractivity contribution in [2.24, 2.45) is 5.73 Å². The summed E-state index contributed by atoms with van der Waals surface area (Å²) < 4.78 is 0. The Morgan fingerprint density at radius 3 is 2.50 bits per heavy atom. The first-order chi connectivity index (χ1) is 8.56. The molecule has 1 unspecified atom stereocenters. The Bertz CT molecular complexity index is 429. The summed E-state index contributed by atoms with van der Waals surface area (Å²) in [5.41, 5.74) is 6.26. The Kier molecular flexibility index (Phi) is 5.27. The molecule has 2 N–H and O–H groups in total. The quantitative estimate of drug-likeness (QED) is 0.768. The van der Waals surface area contributed by atoms with Crippen LogP contribution in [0.3, 0.4) is 0 Å². The highest BCUT2D eigenvalue weighted by Crippen LogP contribution is 2.05. The van der Waals surface area contributed by atoms with Crippen LogP contribution in [-0.2, 0) is 4.79 Å². The number of hydrogen-bond acceptors (Lipinski definition) is 3. The maximum atomic E-state index is 12.2.